The van der Waals surface area contributed by atoms with E-state index >= 15 is 0 Å². The highest BCUT2D eigenvalue weighted by atomic mass is 31.2. The fraction of sp³-hybridized carbons (Fsp3) is 0.438. The number of hydrogen-bond acceptors (Lipinski definition) is 4. The third-order valence-corrected chi connectivity index (χ3v) is 6.22. The van der Waals surface area contributed by atoms with E-state index in [1.807, 2.05) is 24.3 Å². The Labute approximate surface area is 130 Å². The maximum absolute atomic E-state index is 13.2. The van der Waals surface area contributed by atoms with E-state index in [0.29, 0.717) is 37.1 Å². The molecule has 5 nitrogen and oxygen atoms in total. The van der Waals surface area contributed by atoms with Crippen molar-refractivity contribution < 1.29 is 18.4 Å². The molecule has 0 saturated carbocycles. The predicted molar refractivity (Wildman–Crippen MR) is 84.5 cm³/mol. The van der Waals surface area contributed by atoms with Gasteiger partial charge in [0.25, 0.3) is 5.91 Å². The topological polar surface area (TPSA) is 55.8 Å². The minimum atomic E-state index is -3.36. The van der Waals surface area contributed by atoms with Crippen LogP contribution >= 0.6 is 7.60 Å². The first-order valence-corrected chi connectivity index (χ1v) is 9.20. The Morgan fingerprint density at radius 2 is 1.77 bits per heavy atom. The summed E-state index contributed by atoms with van der Waals surface area (Å²) in [5.41, 5.74) is 2.23. The van der Waals surface area contributed by atoms with Gasteiger partial charge in [0.05, 0.1) is 24.2 Å². The summed E-state index contributed by atoms with van der Waals surface area (Å²) in [7, 11) is -3.36. The van der Waals surface area contributed by atoms with E-state index in [1.165, 1.54) is 0 Å². The molecule has 1 aromatic rings. The maximum atomic E-state index is 13.2. The van der Waals surface area contributed by atoms with E-state index in [-0.39, 0.29) is 5.91 Å². The molecular weight excluding hydrogens is 301 g/mol. The standard InChI is InChI=1S/C16H20NO4P/c1-3-20-22(19,21-4-2)14-10-7-11-17-15(14)12-8-5-6-9-13(12)16(17)18/h5-6,8-9H,3-4,7,10-11H2,1-2H3. The van der Waals surface area contributed by atoms with Crippen molar-refractivity contribution in [1.29, 1.82) is 0 Å². The number of rotatable bonds is 5. The molecule has 1 aromatic carbocycles. The number of allylic oxidation sites excluding steroid dienone is 1. The van der Waals surface area contributed by atoms with E-state index in [0.717, 1.165) is 17.7 Å². The SMILES string of the molecule is CCOP(=O)(OCC)C1=C2c3ccccc3C(=O)N2CCC1. The van der Waals surface area contributed by atoms with Gasteiger partial charge in [-0.2, -0.15) is 0 Å². The number of carbonyl (C=O) groups excluding carboxylic acids is 1. The predicted octanol–water partition coefficient (Wildman–Crippen LogP) is 3.87. The Morgan fingerprint density at radius 3 is 2.41 bits per heavy atom. The van der Waals surface area contributed by atoms with Gasteiger partial charge in [-0.3, -0.25) is 9.36 Å². The summed E-state index contributed by atoms with van der Waals surface area (Å²) >= 11 is 0. The Hall–Kier alpha value is -1.42. The number of benzene rings is 1. The molecule has 0 bridgehead atoms. The molecule has 2 aliphatic rings. The van der Waals surface area contributed by atoms with Crippen LogP contribution in [0.3, 0.4) is 0 Å². The average molecular weight is 321 g/mol. The molecule has 118 valence electrons. The zero-order chi connectivity index (χ0) is 15.7. The molecule has 2 aliphatic heterocycles. The molecule has 2 heterocycles. The molecule has 0 fully saturated rings. The number of nitrogens with zero attached hydrogens (tertiary/aromatic N) is 1. The lowest BCUT2D eigenvalue weighted by molar-refractivity contribution is 0.0844. The number of fused-ring (bicyclic) bond motifs is 3. The summed E-state index contributed by atoms with van der Waals surface area (Å²) in [4.78, 5) is 14.3. The first kappa shape index (κ1) is 15.5. The maximum Gasteiger partial charge on any atom is 0.359 e. The van der Waals surface area contributed by atoms with Crippen LogP contribution in [0.25, 0.3) is 5.70 Å². The third-order valence-electron chi connectivity index (χ3n) is 3.93. The summed E-state index contributed by atoms with van der Waals surface area (Å²) in [5.74, 6) is -0.0256. The van der Waals surface area contributed by atoms with Gasteiger partial charge in [0.15, 0.2) is 0 Å². The Balaban J connectivity index is 2.19. The molecule has 0 unspecified atom stereocenters. The Bertz CT molecular complexity index is 672. The van der Waals surface area contributed by atoms with E-state index < -0.39 is 7.60 Å². The number of carbonyl (C=O) groups is 1. The van der Waals surface area contributed by atoms with Crippen LogP contribution in [0.4, 0.5) is 0 Å². The summed E-state index contributed by atoms with van der Waals surface area (Å²) < 4.78 is 24.2. The molecule has 0 aromatic heterocycles. The molecule has 1 amide bonds. The van der Waals surface area contributed by atoms with Gasteiger partial charge in [-0.15, -0.1) is 0 Å². The molecule has 6 heteroatoms. The molecule has 22 heavy (non-hydrogen) atoms. The fourth-order valence-electron chi connectivity index (χ4n) is 3.12. The van der Waals surface area contributed by atoms with Crippen molar-refractivity contribution in [3.63, 3.8) is 0 Å². The zero-order valence-corrected chi connectivity index (χ0v) is 13.8. The smallest absolute Gasteiger partial charge is 0.307 e. The zero-order valence-electron chi connectivity index (χ0n) is 12.9. The molecule has 0 N–H and O–H groups in total. The molecule has 0 saturated heterocycles. The van der Waals surface area contributed by atoms with Crippen LogP contribution in [0, 0.1) is 0 Å². The molecule has 0 aliphatic carbocycles. The van der Waals surface area contributed by atoms with Crippen LogP contribution in [0.1, 0.15) is 42.6 Å². The largest absolute Gasteiger partial charge is 0.359 e. The lowest BCUT2D eigenvalue weighted by Gasteiger charge is -2.30. The van der Waals surface area contributed by atoms with Gasteiger partial charge in [0.2, 0.25) is 0 Å². The van der Waals surface area contributed by atoms with Crippen LogP contribution in [-0.2, 0) is 13.6 Å². The Morgan fingerprint density at radius 1 is 1.14 bits per heavy atom. The second-order valence-electron chi connectivity index (χ2n) is 5.23. The highest BCUT2D eigenvalue weighted by Crippen LogP contribution is 2.62. The lowest BCUT2D eigenvalue weighted by Crippen LogP contribution is -2.28. The second kappa shape index (κ2) is 5.99. The van der Waals surface area contributed by atoms with E-state index in [9.17, 15) is 9.36 Å². The van der Waals surface area contributed by atoms with E-state index in [2.05, 4.69) is 0 Å². The normalized spacial score (nSPS) is 17.7. The van der Waals surface area contributed by atoms with Crippen LogP contribution in [-0.4, -0.2) is 30.6 Å². The van der Waals surface area contributed by atoms with Crippen molar-refractivity contribution >= 4 is 19.2 Å². The summed E-state index contributed by atoms with van der Waals surface area (Å²) in [6.07, 6.45) is 1.40. The number of amides is 1. The van der Waals surface area contributed by atoms with Gasteiger partial charge >= 0.3 is 7.60 Å². The second-order valence-corrected chi connectivity index (χ2v) is 7.29. The minimum absolute atomic E-state index is 0.0256. The quantitative estimate of drug-likeness (QED) is 0.773. The molecule has 0 spiro atoms. The lowest BCUT2D eigenvalue weighted by atomic mass is 10.1. The monoisotopic (exact) mass is 321 g/mol. The van der Waals surface area contributed by atoms with Crippen LogP contribution in [0.2, 0.25) is 0 Å². The summed E-state index contributed by atoms with van der Waals surface area (Å²) in [6.45, 7) is 4.86. The summed E-state index contributed by atoms with van der Waals surface area (Å²) in [5, 5.41) is 0.640. The molecular formula is C16H20NO4P. The van der Waals surface area contributed by atoms with Gasteiger partial charge in [0, 0.05) is 17.7 Å². The van der Waals surface area contributed by atoms with Gasteiger partial charge < -0.3 is 13.9 Å². The Kier molecular flexibility index (Phi) is 4.22. The van der Waals surface area contributed by atoms with Crippen molar-refractivity contribution in [2.75, 3.05) is 19.8 Å². The van der Waals surface area contributed by atoms with Crippen molar-refractivity contribution in [2.24, 2.45) is 0 Å². The number of hydrogen-bond donors (Lipinski definition) is 0. The summed E-state index contributed by atoms with van der Waals surface area (Å²) in [6, 6.07) is 7.45. The van der Waals surface area contributed by atoms with Gasteiger partial charge in [0.1, 0.15) is 0 Å². The van der Waals surface area contributed by atoms with Gasteiger partial charge in [-0.05, 0) is 32.8 Å². The van der Waals surface area contributed by atoms with Gasteiger partial charge in [-0.25, -0.2) is 0 Å². The fourth-order valence-corrected chi connectivity index (χ4v) is 5.11. The van der Waals surface area contributed by atoms with Crippen molar-refractivity contribution in [3.05, 3.63) is 40.7 Å². The average Bonchev–Trinajstić information content (AvgIpc) is 2.82. The van der Waals surface area contributed by atoms with Crippen LogP contribution in [0.15, 0.2) is 29.6 Å². The highest BCUT2D eigenvalue weighted by molar-refractivity contribution is 7.58. The van der Waals surface area contributed by atoms with Gasteiger partial charge in [-0.1, -0.05) is 18.2 Å². The first-order valence-electron chi connectivity index (χ1n) is 7.66. The van der Waals surface area contributed by atoms with E-state index in [4.69, 9.17) is 9.05 Å². The first-order chi connectivity index (χ1) is 10.6. The van der Waals surface area contributed by atoms with Crippen molar-refractivity contribution in [1.82, 2.24) is 4.90 Å². The van der Waals surface area contributed by atoms with Crippen molar-refractivity contribution in [2.45, 2.75) is 26.7 Å². The molecule has 0 atom stereocenters. The molecule has 0 radical (unpaired) electrons. The van der Waals surface area contributed by atoms with Crippen LogP contribution < -0.4 is 0 Å². The van der Waals surface area contributed by atoms with Crippen LogP contribution in [0.5, 0.6) is 0 Å². The van der Waals surface area contributed by atoms with E-state index in [1.54, 1.807) is 18.7 Å². The highest BCUT2D eigenvalue weighted by Gasteiger charge is 2.42. The molecule has 3 rings (SSSR count). The van der Waals surface area contributed by atoms with Crippen molar-refractivity contribution in [3.8, 4) is 0 Å². The minimum Gasteiger partial charge on any atom is -0.307 e. The third kappa shape index (κ3) is 2.34.